The Balaban J connectivity index is 0.752. The van der Waals surface area contributed by atoms with Crippen LogP contribution in [-0.2, 0) is 29.2 Å². The van der Waals surface area contributed by atoms with Crippen LogP contribution in [0.15, 0.2) is 121 Å². The number of nitrogens with one attached hydrogen (secondary N) is 2. The van der Waals surface area contributed by atoms with Crippen LogP contribution in [0.25, 0.3) is 44.0 Å². The van der Waals surface area contributed by atoms with E-state index in [0.29, 0.717) is 28.6 Å². The van der Waals surface area contributed by atoms with Crippen molar-refractivity contribution in [2.24, 2.45) is 11.3 Å². The SMILES string of the molecule is Cc1ncsc1-c1ccc(CNC(=O)[C@@H]2C[C@@H](O)CN2C(=O)[C@@H](NC(=O)c2ccc(-c3ccc(CN4CCC(Cn5cc(-c6cc(-c7ccccc7O)nnc6N)cn5)CC4)cc3)cc2)C(C)(C)C)cc1. The zero-order valence-corrected chi connectivity index (χ0v) is 41.3. The molecule has 0 saturated carbocycles. The highest BCUT2D eigenvalue weighted by Gasteiger charge is 2.44. The topological polar surface area (TPSA) is 205 Å². The highest BCUT2D eigenvalue weighted by atomic mass is 32.1. The van der Waals surface area contributed by atoms with Crippen molar-refractivity contribution in [3.05, 3.63) is 143 Å². The number of thiazole rings is 1. The predicted octanol–water partition coefficient (Wildman–Crippen LogP) is 7.73. The molecule has 0 radical (unpaired) electrons. The number of para-hydroxylation sites is 1. The van der Waals surface area contributed by atoms with Crippen molar-refractivity contribution in [1.29, 1.82) is 0 Å². The van der Waals surface area contributed by atoms with Gasteiger partial charge in [0.15, 0.2) is 5.82 Å². The average Bonchev–Trinajstić information content (AvgIpc) is 4.13. The van der Waals surface area contributed by atoms with Gasteiger partial charge in [0, 0.05) is 61.1 Å². The standard InChI is InChI=1S/C55H60N10O5S/c1-34-49(71-33-58-34)40-15-9-35(10-16-40)27-57-53(69)47-25-43(66)32-65(47)54(70)50(55(2,3)4)60-52(68)41-19-17-39(18-20-41)38-13-11-36(12-14-38)29-63-23-21-37(22-24-63)30-64-31-42(28-59-64)45-26-46(61-62-51(45)56)44-7-5-6-8-48(44)67/h5-20,26,28,31,33,37,43,47,50,66-67H,21-25,27,29-30,32H2,1-4H3,(H2,56,62)(H,57,69)(H,60,68)/t43-,47+,50-/m1/s1. The van der Waals surface area contributed by atoms with Gasteiger partial charge in [0.1, 0.15) is 17.8 Å². The normalized spacial score (nSPS) is 17.0. The number of carbonyl (C=O) groups is 3. The Labute approximate surface area is 417 Å². The number of nitrogens with zero attached hydrogens (tertiary/aromatic N) is 7. The summed E-state index contributed by atoms with van der Waals surface area (Å²) in [6.45, 7) is 11.5. The number of phenols is 1. The summed E-state index contributed by atoms with van der Waals surface area (Å²) in [5.74, 6) is -0.241. The minimum absolute atomic E-state index is 0.00220. The number of hydrogen-bond acceptors (Lipinski definition) is 12. The van der Waals surface area contributed by atoms with E-state index in [-0.39, 0.29) is 31.2 Å². The van der Waals surface area contributed by atoms with Crippen LogP contribution >= 0.6 is 11.3 Å². The Hall–Kier alpha value is -7.27. The Bertz CT molecular complexity index is 2990. The summed E-state index contributed by atoms with van der Waals surface area (Å²) >= 11 is 1.58. The van der Waals surface area contributed by atoms with Crippen molar-refractivity contribution in [3.63, 3.8) is 0 Å². The molecule has 9 rings (SSSR count). The fourth-order valence-corrected chi connectivity index (χ4v) is 10.3. The first-order valence-corrected chi connectivity index (χ1v) is 25.0. The second-order valence-electron chi connectivity index (χ2n) is 19.8. The summed E-state index contributed by atoms with van der Waals surface area (Å²) in [7, 11) is 0. The molecule has 2 aliphatic rings. The lowest BCUT2D eigenvalue weighted by Gasteiger charge is -2.35. The second kappa shape index (κ2) is 21.0. The fraction of sp³-hybridized carbons (Fsp3) is 0.327. The van der Waals surface area contributed by atoms with Crippen LogP contribution in [0, 0.1) is 18.3 Å². The minimum Gasteiger partial charge on any atom is -0.507 e. The van der Waals surface area contributed by atoms with Crippen LogP contribution in [0.1, 0.15) is 67.2 Å². The first kappa shape index (κ1) is 48.7. The predicted molar refractivity (Wildman–Crippen MR) is 276 cm³/mol. The number of nitrogens with two attached hydrogens (primary N) is 1. The molecule has 0 unspecified atom stereocenters. The number of likely N-dealkylation sites (tertiary alicyclic amines) is 2. The first-order valence-electron chi connectivity index (χ1n) is 24.1. The number of hydrogen-bond donors (Lipinski definition) is 5. The third kappa shape index (κ3) is 11.4. The molecule has 3 atom stereocenters. The molecule has 5 heterocycles. The highest BCUT2D eigenvalue weighted by molar-refractivity contribution is 7.13. The van der Waals surface area contributed by atoms with E-state index in [2.05, 4.69) is 60.1 Å². The summed E-state index contributed by atoms with van der Waals surface area (Å²) in [5, 5.41) is 40.0. The Morgan fingerprint density at radius 2 is 1.54 bits per heavy atom. The molecule has 0 spiro atoms. The van der Waals surface area contributed by atoms with Crippen LogP contribution < -0.4 is 16.4 Å². The zero-order chi connectivity index (χ0) is 49.8. The van der Waals surface area contributed by atoms with Crippen molar-refractivity contribution in [2.75, 3.05) is 25.4 Å². The Morgan fingerprint density at radius 1 is 0.859 bits per heavy atom. The molecule has 0 bridgehead atoms. The maximum absolute atomic E-state index is 14.2. The van der Waals surface area contributed by atoms with Crippen LogP contribution in [-0.4, -0.2) is 101 Å². The summed E-state index contributed by atoms with van der Waals surface area (Å²) < 4.78 is 1.98. The highest BCUT2D eigenvalue weighted by Crippen LogP contribution is 2.33. The number of aliphatic hydroxyl groups excluding tert-OH is 1. The molecule has 2 fully saturated rings. The number of aliphatic hydroxyl groups is 1. The molecule has 4 aromatic carbocycles. The van der Waals surface area contributed by atoms with Crippen molar-refractivity contribution < 1.29 is 24.6 Å². The fourth-order valence-electron chi connectivity index (χ4n) is 9.52. The number of nitrogen functional groups attached to an aromatic ring is 1. The van der Waals surface area contributed by atoms with Gasteiger partial charge >= 0.3 is 0 Å². The summed E-state index contributed by atoms with van der Waals surface area (Å²) in [6, 6.07) is 30.8. The van der Waals surface area contributed by atoms with Gasteiger partial charge in [0.05, 0.1) is 34.1 Å². The van der Waals surface area contributed by atoms with Crippen molar-refractivity contribution >= 4 is 34.9 Å². The number of aryl methyl sites for hydroxylation is 1. The number of piperidine rings is 1. The van der Waals surface area contributed by atoms with Crippen LogP contribution in [0.4, 0.5) is 5.82 Å². The molecule has 6 N–H and O–H groups in total. The van der Waals surface area contributed by atoms with Crippen LogP contribution in [0.2, 0.25) is 0 Å². The minimum atomic E-state index is -0.954. The number of aromatic nitrogens is 5. The number of phenolic OH excluding ortho intramolecular Hbond substituents is 1. The molecule has 15 nitrogen and oxygen atoms in total. The summed E-state index contributed by atoms with van der Waals surface area (Å²) in [6.07, 6.45) is 5.15. The van der Waals surface area contributed by atoms with Gasteiger partial charge in [-0.05, 0) is 102 Å². The number of amides is 3. The van der Waals surface area contributed by atoms with E-state index in [4.69, 9.17) is 5.73 Å². The van der Waals surface area contributed by atoms with Gasteiger partial charge in [-0.1, -0.05) is 93.6 Å². The summed E-state index contributed by atoms with van der Waals surface area (Å²) in [5.41, 5.74) is 16.6. The van der Waals surface area contributed by atoms with Crippen molar-refractivity contribution in [1.82, 2.24) is 45.4 Å². The lowest BCUT2D eigenvalue weighted by molar-refractivity contribution is -0.142. The molecular weight excluding hydrogens is 913 g/mol. The molecule has 16 heteroatoms. The van der Waals surface area contributed by atoms with Gasteiger partial charge in [0.2, 0.25) is 11.8 Å². The third-order valence-corrected chi connectivity index (χ3v) is 14.6. The molecule has 0 aliphatic carbocycles. The van der Waals surface area contributed by atoms with E-state index in [1.165, 1.54) is 10.5 Å². The molecule has 2 aliphatic heterocycles. The summed E-state index contributed by atoms with van der Waals surface area (Å²) in [4.78, 5) is 50.9. The van der Waals surface area contributed by atoms with E-state index in [1.54, 1.807) is 47.9 Å². The van der Waals surface area contributed by atoms with Gasteiger partial charge in [-0.2, -0.15) is 5.10 Å². The number of benzene rings is 4. The number of anilines is 1. The molecule has 71 heavy (non-hydrogen) atoms. The number of aromatic hydroxyl groups is 1. The van der Waals surface area contributed by atoms with Gasteiger partial charge in [-0.15, -0.1) is 21.5 Å². The van der Waals surface area contributed by atoms with Gasteiger partial charge in [0.25, 0.3) is 5.91 Å². The van der Waals surface area contributed by atoms with Crippen LogP contribution in [0.3, 0.4) is 0 Å². The molecular formula is C55H60N10O5S. The van der Waals surface area contributed by atoms with E-state index in [1.807, 2.05) is 92.6 Å². The van der Waals surface area contributed by atoms with Crippen LogP contribution in [0.5, 0.6) is 5.75 Å². The average molecular weight is 973 g/mol. The Morgan fingerprint density at radius 3 is 2.21 bits per heavy atom. The van der Waals surface area contributed by atoms with Crippen molar-refractivity contribution in [2.45, 2.75) is 84.8 Å². The number of carbonyl (C=O) groups excluding carboxylic acids is 3. The molecule has 2 saturated heterocycles. The lowest BCUT2D eigenvalue weighted by Crippen LogP contribution is -2.57. The molecule has 3 aromatic heterocycles. The van der Waals surface area contributed by atoms with Crippen molar-refractivity contribution in [3.8, 4) is 49.7 Å². The molecule has 3 amide bonds. The number of rotatable bonds is 14. The zero-order valence-electron chi connectivity index (χ0n) is 40.5. The molecule has 7 aromatic rings. The van der Waals surface area contributed by atoms with E-state index in [0.717, 1.165) is 83.0 Å². The van der Waals surface area contributed by atoms with Gasteiger partial charge < -0.3 is 31.5 Å². The first-order chi connectivity index (χ1) is 34.2. The maximum Gasteiger partial charge on any atom is 0.251 e. The third-order valence-electron chi connectivity index (χ3n) is 13.6. The maximum atomic E-state index is 14.2. The van der Waals surface area contributed by atoms with E-state index in [9.17, 15) is 24.6 Å². The monoisotopic (exact) mass is 972 g/mol. The Kier molecular flexibility index (Phi) is 14.4. The van der Waals surface area contributed by atoms with Gasteiger partial charge in [-0.3, -0.25) is 24.0 Å². The van der Waals surface area contributed by atoms with E-state index < -0.39 is 35.4 Å². The smallest absolute Gasteiger partial charge is 0.251 e. The number of β-amino-alcohol motifs (C(OH)–C–C–N with tert-alkyl or cyclic N) is 1. The lowest BCUT2D eigenvalue weighted by atomic mass is 9.85. The largest absolute Gasteiger partial charge is 0.507 e. The molecule has 366 valence electrons. The van der Waals surface area contributed by atoms with Gasteiger partial charge in [-0.25, -0.2) is 4.98 Å². The second-order valence-corrected chi connectivity index (χ2v) is 20.7. The van der Waals surface area contributed by atoms with E-state index >= 15 is 0 Å². The quantitative estimate of drug-likeness (QED) is 0.0714.